The van der Waals surface area contributed by atoms with Crippen molar-refractivity contribution in [3.8, 4) is 0 Å². The lowest BCUT2D eigenvalue weighted by Gasteiger charge is -1.97. The quantitative estimate of drug-likeness (QED) is 0.250. The Balaban J connectivity index is 3.30. The topological polar surface area (TPSA) is 37.3 Å². The molecule has 2 heteroatoms. The second-order valence-electron chi connectivity index (χ2n) is 6.14. The molecule has 0 aliphatic heterocycles. The Morgan fingerprint density at radius 1 is 0.696 bits per heavy atom. The first-order chi connectivity index (χ1) is 11.3. The molecule has 0 aliphatic carbocycles. The van der Waals surface area contributed by atoms with Crippen molar-refractivity contribution in [3.05, 3.63) is 36.5 Å². The van der Waals surface area contributed by atoms with Crippen LogP contribution < -0.4 is 0 Å². The first-order valence-electron chi connectivity index (χ1n) is 9.47. The van der Waals surface area contributed by atoms with E-state index in [1.165, 1.54) is 51.4 Å². The molecule has 1 N–H and O–H groups in total. The highest BCUT2D eigenvalue weighted by atomic mass is 16.4. The van der Waals surface area contributed by atoms with Crippen LogP contribution in [-0.2, 0) is 4.79 Å². The number of hydrogen-bond acceptors (Lipinski definition) is 1. The zero-order chi connectivity index (χ0) is 17.0. The first-order valence-corrected chi connectivity index (χ1v) is 9.47. The fourth-order valence-electron chi connectivity index (χ4n) is 2.41. The Bertz CT molecular complexity index is 340. The summed E-state index contributed by atoms with van der Waals surface area (Å²) in [5, 5.41) is 8.53. The third-order valence-corrected chi connectivity index (χ3v) is 3.84. The van der Waals surface area contributed by atoms with Crippen molar-refractivity contribution in [2.45, 2.75) is 90.4 Å². The number of aliphatic carboxylic acids is 1. The fourth-order valence-corrected chi connectivity index (χ4v) is 2.41. The molecule has 0 saturated heterocycles. The smallest absolute Gasteiger partial charge is 0.303 e. The Morgan fingerprint density at radius 2 is 1.17 bits per heavy atom. The Morgan fingerprint density at radius 3 is 1.70 bits per heavy atom. The maximum atomic E-state index is 10.4. The van der Waals surface area contributed by atoms with Crippen LogP contribution in [0.3, 0.4) is 0 Å². The average molecular weight is 321 g/mol. The molecule has 0 bridgehead atoms. The molecular formula is C21H36O2. The molecule has 0 radical (unpaired) electrons. The number of hydrogen-bond donors (Lipinski definition) is 1. The van der Waals surface area contributed by atoms with E-state index in [-0.39, 0.29) is 0 Å². The average Bonchev–Trinajstić information content (AvgIpc) is 2.53. The monoisotopic (exact) mass is 320 g/mol. The second-order valence-corrected chi connectivity index (χ2v) is 6.14. The summed E-state index contributed by atoms with van der Waals surface area (Å²) in [6, 6.07) is 0. The Hall–Kier alpha value is -1.31. The molecule has 0 atom stereocenters. The maximum Gasteiger partial charge on any atom is 0.303 e. The summed E-state index contributed by atoms with van der Waals surface area (Å²) >= 11 is 0. The summed E-state index contributed by atoms with van der Waals surface area (Å²) in [5.41, 5.74) is 0. The van der Waals surface area contributed by atoms with Gasteiger partial charge in [-0.3, -0.25) is 4.79 Å². The van der Waals surface area contributed by atoms with Gasteiger partial charge in [-0.25, -0.2) is 0 Å². The molecule has 0 rings (SSSR count). The molecule has 0 aliphatic rings. The van der Waals surface area contributed by atoms with E-state index < -0.39 is 5.97 Å². The highest BCUT2D eigenvalue weighted by Crippen LogP contribution is 2.08. The van der Waals surface area contributed by atoms with E-state index in [0.29, 0.717) is 6.42 Å². The Labute approximate surface area is 143 Å². The van der Waals surface area contributed by atoms with Crippen molar-refractivity contribution >= 4 is 5.97 Å². The second kappa shape index (κ2) is 18.7. The van der Waals surface area contributed by atoms with Crippen molar-refractivity contribution in [1.29, 1.82) is 0 Å². The highest BCUT2D eigenvalue weighted by Gasteiger charge is 1.95. The normalized spacial score (nSPS) is 12.0. The third kappa shape index (κ3) is 20.7. The molecule has 0 saturated carbocycles. The van der Waals surface area contributed by atoms with Gasteiger partial charge in [-0.1, -0.05) is 88.3 Å². The minimum Gasteiger partial charge on any atom is -0.481 e. The van der Waals surface area contributed by atoms with Gasteiger partial charge >= 0.3 is 5.97 Å². The molecule has 23 heavy (non-hydrogen) atoms. The van der Waals surface area contributed by atoms with Gasteiger partial charge in [0.1, 0.15) is 0 Å². The van der Waals surface area contributed by atoms with Crippen LogP contribution >= 0.6 is 0 Å². The molecule has 0 heterocycles. The van der Waals surface area contributed by atoms with E-state index in [2.05, 4.69) is 43.4 Å². The Kier molecular flexibility index (Phi) is 17.7. The zero-order valence-electron chi connectivity index (χ0n) is 15.0. The molecule has 0 aromatic heterocycles. The van der Waals surface area contributed by atoms with Crippen LogP contribution in [0.2, 0.25) is 0 Å². The predicted molar refractivity (Wildman–Crippen MR) is 101 cm³/mol. The van der Waals surface area contributed by atoms with Crippen LogP contribution in [0.1, 0.15) is 90.4 Å². The van der Waals surface area contributed by atoms with Gasteiger partial charge in [-0.2, -0.15) is 0 Å². The van der Waals surface area contributed by atoms with Gasteiger partial charge in [0.05, 0.1) is 0 Å². The van der Waals surface area contributed by atoms with Gasteiger partial charge in [0.2, 0.25) is 0 Å². The van der Waals surface area contributed by atoms with E-state index in [1.54, 1.807) is 0 Å². The molecule has 0 spiro atoms. The highest BCUT2D eigenvalue weighted by molar-refractivity contribution is 5.66. The predicted octanol–water partition coefficient (Wildman–Crippen LogP) is 6.83. The molecule has 132 valence electrons. The van der Waals surface area contributed by atoms with Crippen molar-refractivity contribution < 1.29 is 9.90 Å². The van der Waals surface area contributed by atoms with E-state index >= 15 is 0 Å². The molecule has 2 nitrogen and oxygen atoms in total. The minimum absolute atomic E-state index is 0.316. The number of carboxylic acid groups (broad SMARTS) is 1. The van der Waals surface area contributed by atoms with E-state index in [1.807, 2.05) is 0 Å². The van der Waals surface area contributed by atoms with Crippen LogP contribution in [0.5, 0.6) is 0 Å². The number of rotatable bonds is 16. The molecule has 0 aromatic carbocycles. The molecule has 0 aromatic rings. The lowest BCUT2D eigenvalue weighted by molar-refractivity contribution is -0.137. The summed E-state index contributed by atoms with van der Waals surface area (Å²) < 4.78 is 0. The van der Waals surface area contributed by atoms with Crippen LogP contribution in [0.15, 0.2) is 36.5 Å². The van der Waals surface area contributed by atoms with Crippen LogP contribution in [-0.4, -0.2) is 11.1 Å². The van der Waals surface area contributed by atoms with Gasteiger partial charge in [0.15, 0.2) is 0 Å². The molecule has 0 unspecified atom stereocenters. The van der Waals surface area contributed by atoms with E-state index in [0.717, 1.165) is 25.7 Å². The third-order valence-electron chi connectivity index (χ3n) is 3.84. The largest absolute Gasteiger partial charge is 0.481 e. The summed E-state index contributed by atoms with van der Waals surface area (Å²) in [6.45, 7) is 2.25. The van der Waals surface area contributed by atoms with Crippen LogP contribution in [0.25, 0.3) is 0 Å². The number of allylic oxidation sites excluding steroid dienone is 6. The van der Waals surface area contributed by atoms with Gasteiger partial charge < -0.3 is 5.11 Å². The maximum absolute atomic E-state index is 10.4. The van der Waals surface area contributed by atoms with Crippen LogP contribution in [0, 0.1) is 0 Å². The van der Waals surface area contributed by atoms with Gasteiger partial charge in [-0.15, -0.1) is 0 Å². The summed E-state index contributed by atoms with van der Waals surface area (Å²) in [6.07, 6.45) is 27.7. The molecular weight excluding hydrogens is 284 g/mol. The molecule has 0 amide bonds. The standard InChI is InChI=1S/C21H36O2/c1-2-3-4-5-6-7-8-9-10-11-12-13-14-15-16-17-18-19-20-21(22)23/h8-13H,2-7,14-20H2,1H3,(H,22,23)/b9-8+,11-10+,13-12+. The minimum atomic E-state index is -0.676. The summed E-state index contributed by atoms with van der Waals surface area (Å²) in [7, 11) is 0. The fraction of sp³-hybridized carbons (Fsp3) is 0.667. The SMILES string of the molecule is CCCCCCC/C=C/C=C/C=C/CCCCCCCC(=O)O. The zero-order valence-corrected chi connectivity index (χ0v) is 15.0. The van der Waals surface area contributed by atoms with Crippen molar-refractivity contribution in [1.82, 2.24) is 0 Å². The van der Waals surface area contributed by atoms with E-state index in [4.69, 9.17) is 5.11 Å². The lowest BCUT2D eigenvalue weighted by Crippen LogP contribution is -1.93. The summed E-state index contributed by atoms with van der Waals surface area (Å²) in [5.74, 6) is -0.676. The lowest BCUT2D eigenvalue weighted by atomic mass is 10.1. The van der Waals surface area contributed by atoms with Crippen LogP contribution in [0.4, 0.5) is 0 Å². The molecule has 0 fully saturated rings. The summed E-state index contributed by atoms with van der Waals surface area (Å²) in [4.78, 5) is 10.4. The van der Waals surface area contributed by atoms with Crippen molar-refractivity contribution in [3.63, 3.8) is 0 Å². The van der Waals surface area contributed by atoms with Crippen molar-refractivity contribution in [2.24, 2.45) is 0 Å². The number of carbonyl (C=O) groups is 1. The number of unbranched alkanes of at least 4 members (excludes halogenated alkanes) is 10. The van der Waals surface area contributed by atoms with Gasteiger partial charge in [0, 0.05) is 6.42 Å². The van der Waals surface area contributed by atoms with Gasteiger partial charge in [0.25, 0.3) is 0 Å². The van der Waals surface area contributed by atoms with E-state index in [9.17, 15) is 4.79 Å². The number of carboxylic acids is 1. The van der Waals surface area contributed by atoms with Gasteiger partial charge in [-0.05, 0) is 32.1 Å². The first kappa shape index (κ1) is 21.7. The van der Waals surface area contributed by atoms with Crippen molar-refractivity contribution in [2.75, 3.05) is 0 Å².